The zero-order valence-corrected chi connectivity index (χ0v) is 15.1. The van der Waals surface area contributed by atoms with Gasteiger partial charge < -0.3 is 9.64 Å². The lowest BCUT2D eigenvalue weighted by Crippen LogP contribution is -2.44. The number of morpholine rings is 1. The molecule has 0 unspecified atom stereocenters. The van der Waals surface area contributed by atoms with Gasteiger partial charge in [0, 0.05) is 18.3 Å². The summed E-state index contributed by atoms with van der Waals surface area (Å²) in [6.07, 6.45) is 1.69. The van der Waals surface area contributed by atoms with Crippen LogP contribution in [-0.2, 0) is 10.2 Å². The van der Waals surface area contributed by atoms with Gasteiger partial charge in [0.05, 0.1) is 36.4 Å². The van der Waals surface area contributed by atoms with Gasteiger partial charge in [0.25, 0.3) is 0 Å². The van der Waals surface area contributed by atoms with E-state index < -0.39 is 5.41 Å². The first kappa shape index (κ1) is 16.5. The number of pyridine rings is 1. The molecule has 1 saturated heterocycles. The quantitative estimate of drug-likeness (QED) is 0.750. The van der Waals surface area contributed by atoms with Crippen LogP contribution in [0.4, 0.5) is 5.82 Å². The van der Waals surface area contributed by atoms with Gasteiger partial charge in [0.2, 0.25) is 0 Å². The van der Waals surface area contributed by atoms with Crippen molar-refractivity contribution in [3.63, 3.8) is 0 Å². The maximum absolute atomic E-state index is 9.69. The number of hydrogen-bond donors (Lipinski definition) is 2. The maximum Gasteiger partial charge on any atom is 0.130 e. The molecule has 8 nitrogen and oxygen atoms in total. The molecule has 0 bridgehead atoms. The number of H-pyrrole nitrogens is 2. The summed E-state index contributed by atoms with van der Waals surface area (Å²) in [4.78, 5) is 7.12. The highest BCUT2D eigenvalue weighted by molar-refractivity contribution is 5.92. The third-order valence-electron chi connectivity index (χ3n) is 4.88. The van der Waals surface area contributed by atoms with Crippen molar-refractivity contribution >= 4 is 16.9 Å². The van der Waals surface area contributed by atoms with Crippen LogP contribution in [0.15, 0.2) is 18.3 Å². The van der Waals surface area contributed by atoms with E-state index in [1.54, 1.807) is 6.20 Å². The molecule has 3 aromatic heterocycles. The van der Waals surface area contributed by atoms with E-state index in [9.17, 15) is 5.26 Å². The van der Waals surface area contributed by atoms with Crippen LogP contribution < -0.4 is 4.90 Å². The van der Waals surface area contributed by atoms with Crippen LogP contribution in [0, 0.1) is 11.3 Å². The van der Waals surface area contributed by atoms with E-state index in [1.807, 2.05) is 26.0 Å². The Morgan fingerprint density at radius 3 is 2.88 bits per heavy atom. The minimum Gasteiger partial charge on any atom is -0.377 e. The van der Waals surface area contributed by atoms with Crippen molar-refractivity contribution in [1.29, 1.82) is 5.26 Å². The van der Waals surface area contributed by atoms with Gasteiger partial charge in [-0.1, -0.05) is 0 Å². The Labute approximate surface area is 151 Å². The third kappa shape index (κ3) is 2.61. The lowest BCUT2D eigenvalue weighted by molar-refractivity contribution is 0.0985. The highest BCUT2D eigenvalue weighted by Crippen LogP contribution is 2.35. The highest BCUT2D eigenvalue weighted by atomic mass is 16.5. The lowest BCUT2D eigenvalue weighted by Gasteiger charge is -2.35. The largest absolute Gasteiger partial charge is 0.377 e. The van der Waals surface area contributed by atoms with Crippen LogP contribution in [0.2, 0.25) is 0 Å². The molecular formula is C18H21N7O. The molecule has 0 spiro atoms. The number of nitriles is 1. The van der Waals surface area contributed by atoms with Crippen molar-refractivity contribution < 1.29 is 4.74 Å². The molecule has 0 amide bonds. The molecule has 26 heavy (non-hydrogen) atoms. The van der Waals surface area contributed by atoms with Crippen LogP contribution in [0.5, 0.6) is 0 Å². The summed E-state index contributed by atoms with van der Waals surface area (Å²) < 4.78 is 5.55. The fourth-order valence-corrected chi connectivity index (χ4v) is 3.31. The number of ether oxygens (including phenoxy) is 1. The van der Waals surface area contributed by atoms with Gasteiger partial charge in [-0.3, -0.25) is 10.2 Å². The Balaban J connectivity index is 1.96. The van der Waals surface area contributed by atoms with Crippen molar-refractivity contribution in [1.82, 2.24) is 25.4 Å². The molecule has 1 atom stereocenters. The minimum atomic E-state index is -0.689. The zero-order valence-electron chi connectivity index (χ0n) is 15.1. The van der Waals surface area contributed by atoms with Gasteiger partial charge in [-0.2, -0.15) is 15.5 Å². The number of hydrogen-bond acceptors (Lipinski definition) is 6. The van der Waals surface area contributed by atoms with E-state index in [0.717, 1.165) is 34.8 Å². The van der Waals surface area contributed by atoms with Gasteiger partial charge in [-0.15, -0.1) is 0 Å². The molecular weight excluding hydrogens is 330 g/mol. The minimum absolute atomic E-state index is 0.217. The summed E-state index contributed by atoms with van der Waals surface area (Å²) in [7, 11) is 0. The van der Waals surface area contributed by atoms with Gasteiger partial charge in [0.15, 0.2) is 0 Å². The molecule has 8 heteroatoms. The number of aromatic amines is 2. The molecule has 0 aliphatic carbocycles. The molecule has 4 heterocycles. The van der Waals surface area contributed by atoms with Crippen molar-refractivity contribution in [3.05, 3.63) is 23.9 Å². The molecule has 1 aliphatic rings. The molecule has 4 rings (SSSR count). The standard InChI is InChI=1S/C18H21N7O/c1-11-9-26-7-6-25(11)14-8-12(18(2,3)10-19)15-17(21-14)16(24-23-15)13-4-5-20-22-13/h4-5,8,11H,6-7,9H2,1-3H3,(H,20,22)(H,23,24)/t11-/m1/s1. The maximum atomic E-state index is 9.69. The van der Waals surface area contributed by atoms with Crippen LogP contribution >= 0.6 is 0 Å². The van der Waals surface area contributed by atoms with E-state index in [-0.39, 0.29) is 6.04 Å². The van der Waals surface area contributed by atoms with Crippen molar-refractivity contribution in [3.8, 4) is 17.5 Å². The summed E-state index contributed by atoms with van der Waals surface area (Å²) >= 11 is 0. The molecule has 1 fully saturated rings. The number of rotatable bonds is 3. The molecule has 134 valence electrons. The average molecular weight is 351 g/mol. The Hall–Kier alpha value is -2.92. The third-order valence-corrected chi connectivity index (χ3v) is 4.88. The van der Waals surface area contributed by atoms with Gasteiger partial charge >= 0.3 is 0 Å². The predicted octanol–water partition coefficient (Wildman–Crippen LogP) is 2.37. The van der Waals surface area contributed by atoms with Crippen LogP contribution in [-0.4, -0.2) is 51.2 Å². The molecule has 3 aromatic rings. The number of anilines is 1. The molecule has 1 aliphatic heterocycles. The molecule has 2 N–H and O–H groups in total. The summed E-state index contributed by atoms with van der Waals surface area (Å²) in [5.74, 6) is 0.841. The Morgan fingerprint density at radius 2 is 2.19 bits per heavy atom. The zero-order chi connectivity index (χ0) is 18.3. The second-order valence-electron chi connectivity index (χ2n) is 7.15. The van der Waals surface area contributed by atoms with Crippen LogP contribution in [0.25, 0.3) is 22.4 Å². The number of nitrogens with one attached hydrogen (secondary N) is 2. The lowest BCUT2D eigenvalue weighted by atomic mass is 9.85. The van der Waals surface area contributed by atoms with Gasteiger partial charge in [-0.05, 0) is 32.9 Å². The van der Waals surface area contributed by atoms with E-state index in [4.69, 9.17) is 9.72 Å². The normalized spacial score (nSPS) is 18.2. The molecule has 0 radical (unpaired) electrons. The average Bonchev–Trinajstić information content (AvgIpc) is 3.30. The Morgan fingerprint density at radius 1 is 1.35 bits per heavy atom. The Kier molecular flexibility index (Phi) is 3.89. The van der Waals surface area contributed by atoms with E-state index in [2.05, 4.69) is 38.3 Å². The van der Waals surface area contributed by atoms with Gasteiger partial charge in [0.1, 0.15) is 22.5 Å². The predicted molar refractivity (Wildman–Crippen MR) is 97.7 cm³/mol. The van der Waals surface area contributed by atoms with Crippen molar-refractivity contribution in [2.75, 3.05) is 24.7 Å². The summed E-state index contributed by atoms with van der Waals surface area (Å²) in [5, 5.41) is 24.2. The van der Waals surface area contributed by atoms with E-state index in [1.165, 1.54) is 0 Å². The first-order valence-electron chi connectivity index (χ1n) is 8.66. The van der Waals surface area contributed by atoms with Gasteiger partial charge in [-0.25, -0.2) is 4.98 Å². The summed E-state index contributed by atoms with van der Waals surface area (Å²) in [6, 6.07) is 6.47. The molecule has 0 saturated carbocycles. The van der Waals surface area contributed by atoms with E-state index >= 15 is 0 Å². The van der Waals surface area contributed by atoms with Crippen molar-refractivity contribution in [2.45, 2.75) is 32.2 Å². The van der Waals surface area contributed by atoms with Crippen LogP contribution in [0.3, 0.4) is 0 Å². The van der Waals surface area contributed by atoms with Crippen LogP contribution in [0.1, 0.15) is 26.3 Å². The smallest absolute Gasteiger partial charge is 0.130 e. The van der Waals surface area contributed by atoms with Crippen molar-refractivity contribution in [2.24, 2.45) is 0 Å². The fourth-order valence-electron chi connectivity index (χ4n) is 3.31. The summed E-state index contributed by atoms with van der Waals surface area (Å²) in [5.41, 5.74) is 3.21. The first-order chi connectivity index (χ1) is 12.5. The number of fused-ring (bicyclic) bond motifs is 1. The number of aromatic nitrogens is 5. The monoisotopic (exact) mass is 351 g/mol. The highest BCUT2D eigenvalue weighted by Gasteiger charge is 2.29. The first-order valence-corrected chi connectivity index (χ1v) is 8.66. The SMILES string of the molecule is C[C@@H]1COCCN1c1cc(C(C)(C)C#N)c2n[nH]c(-c3ccn[nH]3)c2n1. The Bertz CT molecular complexity index is 967. The topological polar surface area (TPSA) is 107 Å². The summed E-state index contributed by atoms with van der Waals surface area (Å²) in [6.45, 7) is 8.02. The molecule has 0 aromatic carbocycles. The van der Waals surface area contributed by atoms with E-state index in [0.29, 0.717) is 18.7 Å². The fraction of sp³-hybridized carbons (Fsp3) is 0.444. The number of nitrogens with zero attached hydrogens (tertiary/aromatic N) is 5. The second-order valence-corrected chi connectivity index (χ2v) is 7.15. The second kappa shape index (κ2) is 6.11.